The van der Waals surface area contributed by atoms with E-state index < -0.39 is 39.9 Å². The summed E-state index contributed by atoms with van der Waals surface area (Å²) in [6.45, 7) is 3.68. The molecule has 4 rings (SSSR count). The Balaban J connectivity index is 1.60. The Hall–Kier alpha value is -4.16. The second-order valence-electron chi connectivity index (χ2n) is 10.1. The maximum atomic E-state index is 13.6. The molecule has 218 valence electrons. The first-order valence-corrected chi connectivity index (χ1v) is 14.5. The third-order valence-corrected chi connectivity index (χ3v) is 8.26. The number of aliphatic hydroxyl groups is 1. The molecule has 3 atom stereocenters. The summed E-state index contributed by atoms with van der Waals surface area (Å²) in [7, 11) is -2.32. The minimum absolute atomic E-state index is 0.0701. The zero-order chi connectivity index (χ0) is 29.7. The second kappa shape index (κ2) is 12.6. The molecule has 1 heterocycles. The van der Waals surface area contributed by atoms with E-state index in [-0.39, 0.29) is 47.5 Å². The summed E-state index contributed by atoms with van der Waals surface area (Å²) in [5, 5.41) is 12.6. The highest BCUT2D eigenvalue weighted by molar-refractivity contribution is 7.92. The Morgan fingerprint density at radius 1 is 1.12 bits per heavy atom. The number of anilines is 2. The Morgan fingerprint density at radius 3 is 2.44 bits per heavy atom. The van der Waals surface area contributed by atoms with Gasteiger partial charge in [-0.15, -0.1) is 0 Å². The number of likely N-dealkylation sites (N-methyl/N-ethyl adjacent to an activating group) is 1. The van der Waals surface area contributed by atoms with Crippen LogP contribution in [-0.4, -0.2) is 74.2 Å². The van der Waals surface area contributed by atoms with Crippen LogP contribution in [0.15, 0.2) is 77.7 Å². The molecule has 41 heavy (non-hydrogen) atoms. The molecule has 0 spiro atoms. The second-order valence-corrected chi connectivity index (χ2v) is 11.8. The lowest BCUT2D eigenvalue weighted by molar-refractivity contribution is 0.0371. The van der Waals surface area contributed by atoms with Crippen LogP contribution in [0.25, 0.3) is 0 Å². The van der Waals surface area contributed by atoms with Crippen molar-refractivity contribution in [1.82, 2.24) is 9.80 Å². The van der Waals surface area contributed by atoms with Gasteiger partial charge in [0, 0.05) is 30.9 Å². The molecule has 0 saturated carbocycles. The molecule has 10 nitrogen and oxygen atoms in total. The SMILES string of the molecule is C[C@H]1CN([C@@H](C)CO)C(=O)c2cc(NS(=O)(=O)c3ccccc3)ccc2O[C@H]1CN(C)C(=O)Nc1ccc(F)cc1. The monoisotopic (exact) mass is 584 g/mol. The minimum Gasteiger partial charge on any atom is -0.487 e. The third-order valence-electron chi connectivity index (χ3n) is 6.87. The molecule has 12 heteroatoms. The van der Waals surface area contributed by atoms with Gasteiger partial charge in [0.1, 0.15) is 17.7 Å². The van der Waals surface area contributed by atoms with Crippen molar-refractivity contribution in [2.45, 2.75) is 30.9 Å². The molecule has 1 aliphatic heterocycles. The fraction of sp³-hybridized carbons (Fsp3) is 0.310. The summed E-state index contributed by atoms with van der Waals surface area (Å²) in [4.78, 5) is 29.5. The van der Waals surface area contributed by atoms with Gasteiger partial charge in [-0.3, -0.25) is 9.52 Å². The molecule has 3 aromatic rings. The van der Waals surface area contributed by atoms with Gasteiger partial charge in [0.15, 0.2) is 0 Å². The van der Waals surface area contributed by atoms with Gasteiger partial charge in [-0.05, 0) is 61.5 Å². The van der Waals surface area contributed by atoms with Crippen LogP contribution in [0.5, 0.6) is 5.75 Å². The van der Waals surface area contributed by atoms with E-state index in [9.17, 15) is 27.5 Å². The Kier molecular flexibility index (Phi) is 9.14. The van der Waals surface area contributed by atoms with E-state index in [0.717, 1.165) is 0 Å². The van der Waals surface area contributed by atoms with E-state index in [1.807, 2.05) is 6.92 Å². The highest BCUT2D eigenvalue weighted by Gasteiger charge is 2.34. The van der Waals surface area contributed by atoms with Gasteiger partial charge in [0.05, 0.1) is 29.7 Å². The molecule has 0 bridgehead atoms. The molecule has 0 aromatic heterocycles. The zero-order valence-corrected chi connectivity index (χ0v) is 23.8. The van der Waals surface area contributed by atoms with E-state index in [2.05, 4.69) is 10.0 Å². The number of fused-ring (bicyclic) bond motifs is 1. The van der Waals surface area contributed by atoms with Crippen molar-refractivity contribution in [1.29, 1.82) is 0 Å². The van der Waals surface area contributed by atoms with Crippen molar-refractivity contribution < 1.29 is 32.2 Å². The molecule has 0 radical (unpaired) electrons. The fourth-order valence-electron chi connectivity index (χ4n) is 4.42. The number of sulfonamides is 1. The van der Waals surface area contributed by atoms with Gasteiger partial charge in [0.25, 0.3) is 15.9 Å². The quantitative estimate of drug-likeness (QED) is 0.367. The number of halogens is 1. The topological polar surface area (TPSA) is 128 Å². The summed E-state index contributed by atoms with van der Waals surface area (Å²) in [5.74, 6) is -0.871. The standard InChI is InChI=1S/C29H33FN4O6S/c1-19-16-34(20(2)18-35)28(36)25-15-23(32-41(38,39)24-7-5-4-6-8-24)13-14-26(25)40-27(19)17-33(3)29(37)31-22-11-9-21(30)10-12-22/h4-15,19-20,27,32,35H,16-18H2,1-3H3,(H,31,37)/t19-,20-,27-/m0/s1. The van der Waals surface area contributed by atoms with E-state index in [0.29, 0.717) is 5.69 Å². The van der Waals surface area contributed by atoms with Gasteiger partial charge in [-0.25, -0.2) is 17.6 Å². The Morgan fingerprint density at radius 2 is 1.78 bits per heavy atom. The number of hydrogen-bond acceptors (Lipinski definition) is 6. The van der Waals surface area contributed by atoms with Crippen molar-refractivity contribution in [3.05, 3.63) is 84.2 Å². The van der Waals surface area contributed by atoms with Crippen LogP contribution in [-0.2, 0) is 10.0 Å². The van der Waals surface area contributed by atoms with Crippen molar-refractivity contribution in [2.75, 3.05) is 36.8 Å². The lowest BCUT2D eigenvalue weighted by Crippen LogP contribution is -2.50. The summed E-state index contributed by atoms with van der Waals surface area (Å²) in [6.07, 6.45) is -0.564. The van der Waals surface area contributed by atoms with Crippen LogP contribution < -0.4 is 14.8 Å². The zero-order valence-electron chi connectivity index (χ0n) is 23.0. The van der Waals surface area contributed by atoms with Crippen LogP contribution >= 0.6 is 0 Å². The molecule has 3 N–H and O–H groups in total. The number of nitrogens with one attached hydrogen (secondary N) is 2. The highest BCUT2D eigenvalue weighted by Crippen LogP contribution is 2.31. The van der Waals surface area contributed by atoms with Crippen LogP contribution in [0, 0.1) is 11.7 Å². The highest BCUT2D eigenvalue weighted by atomic mass is 32.2. The lowest BCUT2D eigenvalue weighted by atomic mass is 9.99. The number of urea groups is 1. The molecule has 0 aliphatic carbocycles. The number of nitrogens with zero attached hydrogens (tertiary/aromatic N) is 2. The first-order valence-electron chi connectivity index (χ1n) is 13.1. The fourth-order valence-corrected chi connectivity index (χ4v) is 5.49. The normalized spacial score (nSPS) is 17.9. The van der Waals surface area contributed by atoms with Crippen LogP contribution in [0.3, 0.4) is 0 Å². The lowest BCUT2D eigenvalue weighted by Gasteiger charge is -2.38. The van der Waals surface area contributed by atoms with Crippen LogP contribution in [0.4, 0.5) is 20.6 Å². The van der Waals surface area contributed by atoms with E-state index >= 15 is 0 Å². The number of rotatable bonds is 8. The van der Waals surface area contributed by atoms with Gasteiger partial charge in [-0.1, -0.05) is 25.1 Å². The van der Waals surface area contributed by atoms with Crippen LogP contribution in [0.1, 0.15) is 24.2 Å². The van der Waals surface area contributed by atoms with Gasteiger partial charge in [-0.2, -0.15) is 0 Å². The van der Waals surface area contributed by atoms with Crippen molar-refractivity contribution in [3.63, 3.8) is 0 Å². The average Bonchev–Trinajstić information content (AvgIpc) is 2.96. The first-order chi connectivity index (χ1) is 19.5. The number of carbonyl (C=O) groups excluding carboxylic acids is 2. The first kappa shape index (κ1) is 29.8. The summed E-state index contributed by atoms with van der Waals surface area (Å²) < 4.78 is 47.8. The maximum Gasteiger partial charge on any atom is 0.321 e. The summed E-state index contributed by atoms with van der Waals surface area (Å²) >= 11 is 0. The number of benzene rings is 3. The molecule has 1 aliphatic rings. The number of carbonyl (C=O) groups is 2. The van der Waals surface area contributed by atoms with E-state index in [1.54, 1.807) is 32.2 Å². The number of hydrogen-bond donors (Lipinski definition) is 3. The predicted molar refractivity (Wildman–Crippen MR) is 153 cm³/mol. The van der Waals surface area contributed by atoms with Gasteiger partial charge < -0.3 is 25.0 Å². The number of ether oxygens (including phenoxy) is 1. The summed E-state index contributed by atoms with van der Waals surface area (Å²) in [6, 6.07) is 16.7. The molecule has 0 fully saturated rings. The van der Waals surface area contributed by atoms with Crippen molar-refractivity contribution in [2.24, 2.45) is 5.92 Å². The van der Waals surface area contributed by atoms with E-state index in [1.165, 1.54) is 64.4 Å². The van der Waals surface area contributed by atoms with Crippen molar-refractivity contribution in [3.8, 4) is 5.75 Å². The Bertz CT molecular complexity index is 1490. The smallest absolute Gasteiger partial charge is 0.321 e. The predicted octanol–water partition coefficient (Wildman–Crippen LogP) is 4.01. The molecule has 0 saturated heterocycles. The maximum absolute atomic E-state index is 13.6. The summed E-state index contributed by atoms with van der Waals surface area (Å²) in [5.41, 5.74) is 0.718. The molecule has 3 amide bonds. The molecule has 3 aromatic carbocycles. The number of aliphatic hydroxyl groups excluding tert-OH is 1. The molecular formula is C29H33FN4O6S. The average molecular weight is 585 g/mol. The Labute approximate surface area is 238 Å². The molecule has 0 unspecified atom stereocenters. The van der Waals surface area contributed by atoms with Gasteiger partial charge in [0.2, 0.25) is 0 Å². The van der Waals surface area contributed by atoms with Gasteiger partial charge >= 0.3 is 6.03 Å². The largest absolute Gasteiger partial charge is 0.487 e. The third kappa shape index (κ3) is 7.14. The number of amides is 3. The van der Waals surface area contributed by atoms with Crippen LogP contribution in [0.2, 0.25) is 0 Å². The van der Waals surface area contributed by atoms with E-state index in [4.69, 9.17) is 4.74 Å². The van der Waals surface area contributed by atoms with Crippen molar-refractivity contribution >= 4 is 33.3 Å². The minimum atomic E-state index is -3.91. The molecular weight excluding hydrogens is 551 g/mol.